The molecule has 1 aromatic heterocycles. The molecule has 0 unspecified atom stereocenters. The molecule has 0 aliphatic carbocycles. The molecule has 2 N–H and O–H groups in total. The van der Waals surface area contributed by atoms with E-state index in [4.69, 9.17) is 4.74 Å². The molecule has 0 spiro atoms. The Labute approximate surface area is 268 Å². The van der Waals surface area contributed by atoms with Gasteiger partial charge in [-0.15, -0.1) is 5.10 Å². The number of amides is 2. The van der Waals surface area contributed by atoms with Crippen molar-refractivity contribution in [3.8, 4) is 16.8 Å². The van der Waals surface area contributed by atoms with Crippen LogP contribution in [0.15, 0.2) is 74.8 Å². The van der Waals surface area contributed by atoms with Gasteiger partial charge in [0.05, 0.1) is 23.7 Å². The van der Waals surface area contributed by atoms with Gasteiger partial charge >= 0.3 is 11.8 Å². The molecule has 0 saturated heterocycles. The van der Waals surface area contributed by atoms with Crippen molar-refractivity contribution < 1.29 is 27.1 Å². The number of halogens is 2. The zero-order valence-corrected chi connectivity index (χ0v) is 27.4. The Balaban J connectivity index is 1.71. The summed E-state index contributed by atoms with van der Waals surface area (Å²) in [6.45, 7) is 5.14. The van der Waals surface area contributed by atoms with Crippen LogP contribution in [0, 0.1) is 5.82 Å². The van der Waals surface area contributed by atoms with Gasteiger partial charge in [-0.25, -0.2) is 27.1 Å². The summed E-state index contributed by atoms with van der Waals surface area (Å²) in [5.74, 6) is -0.384. The minimum Gasteiger partial charge on any atom is -0.449 e. The number of carbonyl (C=O) groups excluding carboxylic acids is 2. The lowest BCUT2D eigenvalue weighted by Crippen LogP contribution is -2.31. The van der Waals surface area contributed by atoms with Crippen LogP contribution in [0.5, 0.6) is 0 Å². The maximum atomic E-state index is 15.6. The Hall–Kier alpha value is -4.30. The van der Waals surface area contributed by atoms with E-state index < -0.39 is 27.6 Å². The van der Waals surface area contributed by atoms with Crippen molar-refractivity contribution >= 4 is 43.6 Å². The average molecular weight is 703 g/mol. The number of hydrogen-bond acceptors (Lipinski definition) is 7. The van der Waals surface area contributed by atoms with E-state index in [1.807, 2.05) is 11.6 Å². The first-order chi connectivity index (χ1) is 21.5. The molecule has 2 amide bonds. The van der Waals surface area contributed by atoms with Crippen LogP contribution in [0.25, 0.3) is 16.8 Å². The zero-order valence-electron chi connectivity index (χ0n) is 25.0. The Kier molecular flexibility index (Phi) is 10.9. The highest BCUT2D eigenvalue weighted by molar-refractivity contribution is 9.10. The third kappa shape index (κ3) is 7.87. The van der Waals surface area contributed by atoms with Gasteiger partial charge in [0.2, 0.25) is 5.91 Å². The first-order valence-electron chi connectivity index (χ1n) is 14.3. The van der Waals surface area contributed by atoms with Gasteiger partial charge in [0.25, 0.3) is 10.0 Å². The van der Waals surface area contributed by atoms with Gasteiger partial charge in [0.1, 0.15) is 11.6 Å². The van der Waals surface area contributed by atoms with Gasteiger partial charge in [-0.2, -0.15) is 4.68 Å². The highest BCUT2D eigenvalue weighted by Crippen LogP contribution is 2.29. The fourth-order valence-electron chi connectivity index (χ4n) is 4.55. The molecular formula is C31H33BrFN5O6S. The second-order valence-corrected chi connectivity index (χ2v) is 12.5. The van der Waals surface area contributed by atoms with Crippen molar-refractivity contribution in [3.05, 3.63) is 92.8 Å². The fourth-order valence-corrected chi connectivity index (χ4v) is 6.09. The summed E-state index contributed by atoms with van der Waals surface area (Å²) in [4.78, 5) is 37.3. The Bertz CT molecular complexity index is 1890. The summed E-state index contributed by atoms with van der Waals surface area (Å²) in [6.07, 6.45) is 1.23. The van der Waals surface area contributed by atoms with Gasteiger partial charge in [-0.05, 0) is 65.2 Å². The first-order valence-corrected chi connectivity index (χ1v) is 16.6. The average Bonchev–Trinajstić information content (AvgIpc) is 3.31. The Morgan fingerprint density at radius 3 is 2.49 bits per heavy atom. The predicted molar refractivity (Wildman–Crippen MR) is 171 cm³/mol. The number of aryl methyl sites for hydroxylation is 1. The van der Waals surface area contributed by atoms with Crippen molar-refractivity contribution in [2.45, 2.75) is 57.9 Å². The van der Waals surface area contributed by atoms with Crippen molar-refractivity contribution in [2.24, 2.45) is 0 Å². The monoisotopic (exact) mass is 701 g/mol. The second-order valence-electron chi connectivity index (χ2n) is 10.00. The van der Waals surface area contributed by atoms with Gasteiger partial charge in [0.15, 0.2) is 0 Å². The lowest BCUT2D eigenvalue weighted by atomic mass is 10.0. The van der Waals surface area contributed by atoms with E-state index in [1.54, 1.807) is 44.2 Å². The molecule has 238 valence electrons. The quantitative estimate of drug-likeness (QED) is 0.191. The van der Waals surface area contributed by atoms with Gasteiger partial charge in [-0.3, -0.25) is 9.36 Å². The molecule has 4 aromatic rings. The minimum absolute atomic E-state index is 0.0152. The van der Waals surface area contributed by atoms with Crippen molar-refractivity contribution in [1.29, 1.82) is 0 Å². The van der Waals surface area contributed by atoms with Crippen LogP contribution in [-0.2, 0) is 32.5 Å². The zero-order chi connectivity index (χ0) is 32.7. The number of benzene rings is 3. The molecule has 0 saturated carbocycles. The van der Waals surface area contributed by atoms with Crippen LogP contribution < -0.4 is 15.7 Å². The topological polar surface area (TPSA) is 141 Å². The van der Waals surface area contributed by atoms with Crippen LogP contribution in [0.3, 0.4) is 0 Å². The molecular weight excluding hydrogens is 669 g/mol. The number of nitrogens with zero attached hydrogens (tertiary/aromatic N) is 3. The molecule has 0 aliphatic rings. The SMILES string of the molecule is CCCCc1nn(-c2cc(NC(=O)CC)ccc2Br)c(=O)n1Cc1ccc(-c2ccccc2S(=O)(=O)NC(=O)OCC)cc1F. The van der Waals surface area contributed by atoms with E-state index >= 15 is 4.39 Å². The van der Waals surface area contributed by atoms with Gasteiger partial charge in [-0.1, -0.05) is 50.6 Å². The molecule has 0 aliphatic heterocycles. The van der Waals surface area contributed by atoms with Crippen molar-refractivity contribution in [3.63, 3.8) is 0 Å². The largest absolute Gasteiger partial charge is 0.449 e. The maximum Gasteiger partial charge on any atom is 0.421 e. The number of nitrogens with one attached hydrogen (secondary N) is 2. The molecule has 14 heteroatoms. The summed E-state index contributed by atoms with van der Waals surface area (Å²) >= 11 is 3.47. The second kappa shape index (κ2) is 14.7. The number of unbranched alkanes of at least 4 members (excludes halogenated alkanes) is 1. The number of rotatable bonds is 12. The standard InChI is InChI=1S/C31H33BrFN5O6S/c1-4-7-12-28-35-38(26-18-22(15-16-24(26)32)34-29(39)5-2)31(41)37(28)19-21-14-13-20(17-25(21)33)23-10-8-9-11-27(23)45(42,43)36-30(40)44-6-3/h8-11,13-18H,4-7,12,19H2,1-3H3,(H,34,39)(H,36,40). The van der Waals surface area contributed by atoms with Crippen molar-refractivity contribution in [1.82, 2.24) is 19.1 Å². The van der Waals surface area contributed by atoms with Crippen LogP contribution >= 0.6 is 15.9 Å². The van der Waals surface area contributed by atoms with Gasteiger partial charge < -0.3 is 10.1 Å². The molecule has 1 heterocycles. The van der Waals surface area contributed by atoms with E-state index in [0.29, 0.717) is 28.1 Å². The van der Waals surface area contributed by atoms with E-state index in [-0.39, 0.29) is 47.1 Å². The summed E-state index contributed by atoms with van der Waals surface area (Å²) < 4.78 is 51.2. The molecule has 0 bridgehead atoms. The number of aromatic nitrogens is 3. The number of anilines is 1. The van der Waals surface area contributed by atoms with Crippen LogP contribution in [0.1, 0.15) is 51.4 Å². The Morgan fingerprint density at radius 2 is 1.80 bits per heavy atom. The van der Waals surface area contributed by atoms with Gasteiger partial charge in [0, 0.05) is 34.1 Å². The third-order valence-electron chi connectivity index (χ3n) is 6.83. The van der Waals surface area contributed by atoms with E-state index in [2.05, 4.69) is 26.3 Å². The lowest BCUT2D eigenvalue weighted by molar-refractivity contribution is -0.115. The van der Waals surface area contributed by atoms with E-state index in [1.165, 1.54) is 39.6 Å². The molecule has 0 atom stereocenters. The molecule has 0 radical (unpaired) electrons. The van der Waals surface area contributed by atoms with E-state index in [9.17, 15) is 22.8 Å². The third-order valence-corrected chi connectivity index (χ3v) is 8.88. The number of hydrogen-bond donors (Lipinski definition) is 2. The summed E-state index contributed by atoms with van der Waals surface area (Å²) in [7, 11) is -4.32. The number of ether oxygens (including phenoxy) is 1. The molecule has 0 fully saturated rings. The minimum atomic E-state index is -4.32. The summed E-state index contributed by atoms with van der Waals surface area (Å²) in [5.41, 5.74) is 1.03. The molecule has 3 aromatic carbocycles. The van der Waals surface area contributed by atoms with Crippen LogP contribution in [0.2, 0.25) is 0 Å². The summed E-state index contributed by atoms with van der Waals surface area (Å²) in [5, 5.41) is 7.35. The molecule has 4 rings (SSSR count). The highest BCUT2D eigenvalue weighted by Gasteiger charge is 2.23. The maximum absolute atomic E-state index is 15.6. The predicted octanol–water partition coefficient (Wildman–Crippen LogP) is 5.78. The lowest BCUT2D eigenvalue weighted by Gasteiger charge is -2.13. The molecule has 45 heavy (non-hydrogen) atoms. The first kappa shape index (κ1) is 33.6. The van der Waals surface area contributed by atoms with Crippen LogP contribution in [-0.4, -0.2) is 41.4 Å². The Morgan fingerprint density at radius 1 is 1.04 bits per heavy atom. The fraction of sp³-hybridized carbons (Fsp3) is 0.290. The normalized spacial score (nSPS) is 11.3. The number of carbonyl (C=O) groups is 2. The van der Waals surface area contributed by atoms with Crippen LogP contribution in [0.4, 0.5) is 14.9 Å². The van der Waals surface area contributed by atoms with Crippen molar-refractivity contribution in [2.75, 3.05) is 11.9 Å². The molecule has 11 nitrogen and oxygen atoms in total. The van der Waals surface area contributed by atoms with E-state index in [0.717, 1.165) is 12.8 Å². The number of sulfonamides is 1. The highest BCUT2D eigenvalue weighted by atomic mass is 79.9. The summed E-state index contributed by atoms with van der Waals surface area (Å²) in [6, 6.07) is 15.2. The smallest absolute Gasteiger partial charge is 0.421 e.